The topological polar surface area (TPSA) is 17.1 Å². The predicted molar refractivity (Wildman–Crippen MR) is 102 cm³/mol. The highest BCUT2D eigenvalue weighted by Gasteiger charge is 2.14. The zero-order valence-electron chi connectivity index (χ0n) is 15.8. The van der Waals surface area contributed by atoms with Gasteiger partial charge in [-0.15, -0.1) is 0 Å². The van der Waals surface area contributed by atoms with Crippen LogP contribution in [0.4, 0.5) is 0 Å². The number of Topliss-reactive ketones (excluding diaryl/α,β-unsaturated/α-hetero) is 1. The van der Waals surface area contributed by atoms with Gasteiger partial charge in [-0.1, -0.05) is 43.7 Å². The maximum atomic E-state index is 11.4. The van der Waals surface area contributed by atoms with Gasteiger partial charge in [0.25, 0.3) is 0 Å². The summed E-state index contributed by atoms with van der Waals surface area (Å²) in [7, 11) is 0. The van der Waals surface area contributed by atoms with Crippen molar-refractivity contribution in [2.24, 2.45) is 5.92 Å². The fraction of sp³-hybridized carbons (Fsp3) is 0.591. The van der Waals surface area contributed by atoms with Crippen LogP contribution in [0, 0.1) is 5.92 Å². The number of carbonyl (C=O) groups is 1. The molecule has 0 radical (unpaired) electrons. The van der Waals surface area contributed by atoms with Crippen molar-refractivity contribution in [1.82, 2.24) is 0 Å². The smallest absolute Gasteiger partial charge is 0.134 e. The standard InChI is InChI=1S/C22H34O/c1-7-20(21(8-2)15-18(5)23)11-9-10-12-22-14-16(3)13-17(4)19(22)6/h8,14,16H,2,7,9-13,15H2,1,3-6H3/b21-20+. The number of allylic oxidation sites excluding steroid dienone is 7. The van der Waals surface area contributed by atoms with Gasteiger partial charge >= 0.3 is 0 Å². The molecular weight excluding hydrogens is 280 g/mol. The van der Waals surface area contributed by atoms with Crippen LogP contribution < -0.4 is 0 Å². The van der Waals surface area contributed by atoms with Crippen LogP contribution in [0.25, 0.3) is 0 Å². The molecule has 0 aromatic heterocycles. The van der Waals surface area contributed by atoms with Crippen LogP contribution in [0.5, 0.6) is 0 Å². The lowest BCUT2D eigenvalue weighted by molar-refractivity contribution is -0.116. The maximum Gasteiger partial charge on any atom is 0.134 e. The Bertz CT molecular complexity index is 528. The largest absolute Gasteiger partial charge is 0.300 e. The first-order valence-corrected chi connectivity index (χ1v) is 9.09. The van der Waals surface area contributed by atoms with Crippen molar-refractivity contribution in [3.8, 4) is 0 Å². The third kappa shape index (κ3) is 6.33. The molecule has 1 rings (SSSR count). The van der Waals surface area contributed by atoms with Gasteiger partial charge in [-0.25, -0.2) is 0 Å². The summed E-state index contributed by atoms with van der Waals surface area (Å²) in [5.41, 5.74) is 7.18. The van der Waals surface area contributed by atoms with Crippen LogP contribution in [0.3, 0.4) is 0 Å². The SMILES string of the molecule is C=C/C(CC(C)=O)=C(/CC)CCCCC1=CC(C)CC(C)=C1C. The number of hydrogen-bond acceptors (Lipinski definition) is 1. The number of unbranched alkanes of at least 4 members (excludes halogenated alkanes) is 1. The second kappa shape index (κ2) is 9.70. The number of ketones is 1. The van der Waals surface area contributed by atoms with E-state index in [4.69, 9.17) is 0 Å². The molecule has 1 heteroatoms. The Labute approximate surface area is 143 Å². The van der Waals surface area contributed by atoms with Crippen LogP contribution in [0.15, 0.2) is 46.6 Å². The van der Waals surface area contributed by atoms with Gasteiger partial charge in [-0.2, -0.15) is 0 Å². The maximum absolute atomic E-state index is 11.4. The normalized spacial score (nSPS) is 19.3. The van der Waals surface area contributed by atoms with E-state index < -0.39 is 0 Å². The van der Waals surface area contributed by atoms with Crippen molar-refractivity contribution in [3.05, 3.63) is 46.6 Å². The van der Waals surface area contributed by atoms with E-state index in [2.05, 4.69) is 40.3 Å². The second-order valence-corrected chi connectivity index (χ2v) is 7.05. The van der Waals surface area contributed by atoms with Crippen molar-refractivity contribution >= 4 is 5.78 Å². The average Bonchev–Trinajstić information content (AvgIpc) is 2.49. The van der Waals surface area contributed by atoms with Crippen molar-refractivity contribution < 1.29 is 4.79 Å². The van der Waals surface area contributed by atoms with Gasteiger partial charge in [0.1, 0.15) is 5.78 Å². The molecule has 1 aliphatic carbocycles. The summed E-state index contributed by atoms with van der Waals surface area (Å²) in [5.74, 6) is 0.908. The summed E-state index contributed by atoms with van der Waals surface area (Å²) >= 11 is 0. The molecule has 1 aliphatic rings. The molecule has 23 heavy (non-hydrogen) atoms. The summed E-state index contributed by atoms with van der Waals surface area (Å²) < 4.78 is 0. The first kappa shape index (κ1) is 19.7. The molecule has 0 saturated heterocycles. The summed E-state index contributed by atoms with van der Waals surface area (Å²) in [5, 5.41) is 0. The van der Waals surface area contributed by atoms with Crippen molar-refractivity contribution in [3.63, 3.8) is 0 Å². The van der Waals surface area contributed by atoms with Gasteiger partial charge < -0.3 is 0 Å². The van der Waals surface area contributed by atoms with Gasteiger partial charge in [-0.3, -0.25) is 4.79 Å². The van der Waals surface area contributed by atoms with Crippen LogP contribution >= 0.6 is 0 Å². The zero-order chi connectivity index (χ0) is 17.4. The van der Waals surface area contributed by atoms with E-state index in [1.165, 1.54) is 36.8 Å². The fourth-order valence-corrected chi connectivity index (χ4v) is 3.54. The van der Waals surface area contributed by atoms with Gasteiger partial charge in [0.2, 0.25) is 0 Å². The van der Waals surface area contributed by atoms with E-state index in [0.29, 0.717) is 12.3 Å². The lowest BCUT2D eigenvalue weighted by Crippen LogP contribution is -2.04. The molecule has 0 fully saturated rings. The molecular formula is C22H34O. The highest BCUT2D eigenvalue weighted by atomic mass is 16.1. The molecule has 0 aromatic carbocycles. The van der Waals surface area contributed by atoms with E-state index in [1.807, 2.05) is 6.08 Å². The Hall–Kier alpha value is -1.37. The number of hydrogen-bond donors (Lipinski definition) is 0. The van der Waals surface area contributed by atoms with Gasteiger partial charge in [0.15, 0.2) is 0 Å². The minimum atomic E-state index is 0.225. The molecule has 0 bridgehead atoms. The monoisotopic (exact) mass is 314 g/mol. The molecule has 0 saturated carbocycles. The third-order valence-electron chi connectivity index (χ3n) is 4.98. The van der Waals surface area contributed by atoms with E-state index in [-0.39, 0.29) is 5.78 Å². The Morgan fingerprint density at radius 3 is 2.61 bits per heavy atom. The fourth-order valence-electron chi connectivity index (χ4n) is 3.54. The summed E-state index contributed by atoms with van der Waals surface area (Å²) in [6, 6.07) is 0. The minimum Gasteiger partial charge on any atom is -0.300 e. The third-order valence-corrected chi connectivity index (χ3v) is 4.98. The van der Waals surface area contributed by atoms with Crippen molar-refractivity contribution in [2.75, 3.05) is 0 Å². The first-order chi connectivity index (χ1) is 10.9. The molecule has 1 atom stereocenters. The molecule has 0 aliphatic heterocycles. The molecule has 0 heterocycles. The molecule has 0 amide bonds. The quantitative estimate of drug-likeness (QED) is 0.341. The molecule has 1 nitrogen and oxygen atoms in total. The Morgan fingerprint density at radius 1 is 1.35 bits per heavy atom. The molecule has 0 N–H and O–H groups in total. The Morgan fingerprint density at radius 2 is 2.04 bits per heavy atom. The predicted octanol–water partition coefficient (Wildman–Crippen LogP) is 6.72. The molecule has 0 aromatic rings. The van der Waals surface area contributed by atoms with Crippen molar-refractivity contribution in [2.45, 2.75) is 79.6 Å². The van der Waals surface area contributed by atoms with E-state index in [0.717, 1.165) is 18.4 Å². The Balaban J connectivity index is 2.57. The summed E-state index contributed by atoms with van der Waals surface area (Å²) in [6.45, 7) is 14.6. The zero-order valence-corrected chi connectivity index (χ0v) is 15.8. The van der Waals surface area contributed by atoms with Crippen LogP contribution in [0.2, 0.25) is 0 Å². The van der Waals surface area contributed by atoms with E-state index >= 15 is 0 Å². The summed E-state index contributed by atoms with van der Waals surface area (Å²) in [4.78, 5) is 11.4. The van der Waals surface area contributed by atoms with Crippen LogP contribution in [0.1, 0.15) is 79.6 Å². The van der Waals surface area contributed by atoms with Gasteiger partial charge in [0, 0.05) is 6.42 Å². The molecule has 1 unspecified atom stereocenters. The lowest BCUT2D eigenvalue weighted by Gasteiger charge is -2.21. The highest BCUT2D eigenvalue weighted by Crippen LogP contribution is 2.31. The number of carbonyl (C=O) groups excluding carboxylic acids is 1. The van der Waals surface area contributed by atoms with E-state index in [9.17, 15) is 4.79 Å². The van der Waals surface area contributed by atoms with Gasteiger partial charge in [-0.05, 0) is 81.9 Å². The first-order valence-electron chi connectivity index (χ1n) is 9.09. The minimum absolute atomic E-state index is 0.225. The van der Waals surface area contributed by atoms with Crippen molar-refractivity contribution in [1.29, 1.82) is 0 Å². The summed E-state index contributed by atoms with van der Waals surface area (Å²) in [6.07, 6.45) is 11.8. The average molecular weight is 315 g/mol. The Kier molecular flexibility index (Phi) is 8.30. The van der Waals surface area contributed by atoms with Crippen LogP contribution in [-0.4, -0.2) is 5.78 Å². The molecule has 0 spiro atoms. The van der Waals surface area contributed by atoms with E-state index in [1.54, 1.807) is 18.1 Å². The van der Waals surface area contributed by atoms with Gasteiger partial charge in [0.05, 0.1) is 0 Å². The lowest BCUT2D eigenvalue weighted by atomic mass is 9.84. The highest BCUT2D eigenvalue weighted by molar-refractivity contribution is 5.79. The second-order valence-electron chi connectivity index (χ2n) is 7.05. The molecule has 128 valence electrons. The number of rotatable bonds is 9. The van der Waals surface area contributed by atoms with Crippen LogP contribution in [-0.2, 0) is 4.79 Å².